The summed E-state index contributed by atoms with van der Waals surface area (Å²) in [6, 6.07) is -0.570. The smallest absolute Gasteiger partial charge is 0.327 e. The van der Waals surface area contributed by atoms with Gasteiger partial charge in [0.25, 0.3) is 11.8 Å². The van der Waals surface area contributed by atoms with E-state index < -0.39 is 36.1 Å². The van der Waals surface area contributed by atoms with Crippen molar-refractivity contribution in [1.82, 2.24) is 15.5 Å². The van der Waals surface area contributed by atoms with E-state index >= 15 is 0 Å². The Morgan fingerprint density at radius 2 is 2.00 bits per heavy atom. The van der Waals surface area contributed by atoms with Crippen LogP contribution in [0, 0.1) is 5.92 Å². The molecule has 0 bridgehead atoms. The molecule has 1 spiro atoms. The molecule has 2 fully saturated rings. The first-order valence-electron chi connectivity index (χ1n) is 8.90. The molecule has 2 N–H and O–H groups in total. The van der Waals surface area contributed by atoms with Crippen LogP contribution in [0.5, 0.6) is 0 Å². The second kappa shape index (κ2) is 7.84. The number of nitrogens with one attached hydrogen (secondary N) is 2. The quantitative estimate of drug-likeness (QED) is 0.546. The lowest BCUT2D eigenvalue weighted by Gasteiger charge is -2.33. The number of esters is 1. The van der Waals surface area contributed by atoms with Crippen LogP contribution >= 0.6 is 0 Å². The Morgan fingerprint density at radius 1 is 1.36 bits per heavy atom. The molecule has 0 aromatic carbocycles. The highest BCUT2D eigenvalue weighted by Gasteiger charge is 2.52. The van der Waals surface area contributed by atoms with Crippen LogP contribution in [-0.4, -0.2) is 53.4 Å². The normalized spacial score (nSPS) is 27.2. The van der Waals surface area contributed by atoms with Crippen molar-refractivity contribution in [3.63, 3.8) is 0 Å². The molecule has 1 heterocycles. The summed E-state index contributed by atoms with van der Waals surface area (Å²) >= 11 is 0. The summed E-state index contributed by atoms with van der Waals surface area (Å²) in [7, 11) is 0. The summed E-state index contributed by atoms with van der Waals surface area (Å²) in [6.45, 7) is 5.51. The second-order valence-electron chi connectivity index (χ2n) is 7.01. The Hall–Kier alpha value is -2.12. The average molecular weight is 353 g/mol. The molecule has 1 atom stereocenters. The molecular formula is C17H27N3O5. The van der Waals surface area contributed by atoms with E-state index in [2.05, 4.69) is 17.6 Å². The van der Waals surface area contributed by atoms with Crippen molar-refractivity contribution in [3.8, 4) is 0 Å². The van der Waals surface area contributed by atoms with Gasteiger partial charge in [-0.1, -0.05) is 13.8 Å². The van der Waals surface area contributed by atoms with E-state index in [1.54, 1.807) is 0 Å². The molecular weight excluding hydrogens is 326 g/mol. The third kappa shape index (κ3) is 4.29. The number of ether oxygens (including phenoxy) is 1. The van der Waals surface area contributed by atoms with Crippen LogP contribution in [-0.2, 0) is 19.1 Å². The lowest BCUT2D eigenvalue weighted by Crippen LogP contribution is -2.49. The van der Waals surface area contributed by atoms with E-state index in [0.717, 1.165) is 24.2 Å². The maximum absolute atomic E-state index is 12.7. The number of urea groups is 1. The first-order chi connectivity index (χ1) is 11.8. The molecule has 140 valence electrons. The summed E-state index contributed by atoms with van der Waals surface area (Å²) in [4.78, 5) is 49.4. The Bertz CT molecular complexity index is 554. The number of carbonyl (C=O) groups is 4. The molecule has 1 saturated carbocycles. The minimum Gasteiger partial charge on any atom is -0.451 e. The van der Waals surface area contributed by atoms with Gasteiger partial charge < -0.3 is 15.4 Å². The van der Waals surface area contributed by atoms with Crippen LogP contribution in [0.3, 0.4) is 0 Å². The van der Waals surface area contributed by atoms with Gasteiger partial charge in [-0.3, -0.25) is 19.3 Å². The van der Waals surface area contributed by atoms with Gasteiger partial charge in [0.15, 0.2) is 6.10 Å². The van der Waals surface area contributed by atoms with Crippen LogP contribution in [0.4, 0.5) is 4.79 Å². The van der Waals surface area contributed by atoms with Gasteiger partial charge in [-0.05, 0) is 44.9 Å². The lowest BCUT2D eigenvalue weighted by atomic mass is 9.77. The van der Waals surface area contributed by atoms with E-state index in [-0.39, 0.29) is 5.91 Å². The predicted octanol–water partition coefficient (Wildman–Crippen LogP) is 0.945. The van der Waals surface area contributed by atoms with Crippen molar-refractivity contribution in [1.29, 1.82) is 0 Å². The molecule has 1 saturated heterocycles. The van der Waals surface area contributed by atoms with E-state index in [4.69, 9.17) is 4.74 Å². The Kier molecular flexibility index (Phi) is 6.02. The highest BCUT2D eigenvalue weighted by Crippen LogP contribution is 2.36. The number of amides is 4. The van der Waals surface area contributed by atoms with Crippen molar-refractivity contribution >= 4 is 23.8 Å². The molecule has 0 radical (unpaired) electrons. The highest BCUT2D eigenvalue weighted by molar-refractivity contribution is 6.08. The monoisotopic (exact) mass is 353 g/mol. The summed E-state index contributed by atoms with van der Waals surface area (Å²) in [5, 5.41) is 5.37. The molecule has 2 rings (SSSR count). The fourth-order valence-electron chi connectivity index (χ4n) is 3.22. The van der Waals surface area contributed by atoms with Gasteiger partial charge in [0.1, 0.15) is 12.1 Å². The number of nitrogens with zero attached hydrogens (tertiary/aromatic N) is 1. The molecule has 2 aliphatic rings. The maximum Gasteiger partial charge on any atom is 0.327 e. The second-order valence-corrected chi connectivity index (χ2v) is 7.01. The number of hydrogen-bond acceptors (Lipinski definition) is 5. The SMILES string of the molecule is CCCNC(=O)C(C)OC(=O)CN1C(=O)NC2(CCC(C)CC2)C1=O. The fourth-order valence-corrected chi connectivity index (χ4v) is 3.22. The minimum atomic E-state index is -0.968. The predicted molar refractivity (Wildman–Crippen MR) is 89.5 cm³/mol. The number of rotatable bonds is 6. The summed E-state index contributed by atoms with van der Waals surface area (Å²) in [6.07, 6.45) is 2.69. The topological polar surface area (TPSA) is 105 Å². The Balaban J connectivity index is 1.91. The lowest BCUT2D eigenvalue weighted by molar-refractivity contribution is -0.156. The third-order valence-electron chi connectivity index (χ3n) is 4.89. The van der Waals surface area contributed by atoms with Crippen LogP contribution < -0.4 is 10.6 Å². The molecule has 0 aromatic rings. The van der Waals surface area contributed by atoms with Crippen LogP contribution in [0.1, 0.15) is 52.9 Å². The van der Waals surface area contributed by atoms with Gasteiger partial charge in [0.2, 0.25) is 0 Å². The van der Waals surface area contributed by atoms with Crippen LogP contribution in [0.15, 0.2) is 0 Å². The standard InChI is InChI=1S/C17H27N3O5/c1-4-9-18-14(22)12(3)25-13(21)10-20-15(23)17(19-16(20)24)7-5-11(2)6-8-17/h11-12H,4-10H2,1-3H3,(H,18,22)(H,19,24). The van der Waals surface area contributed by atoms with Gasteiger partial charge in [0, 0.05) is 6.54 Å². The minimum absolute atomic E-state index is 0.371. The van der Waals surface area contributed by atoms with Gasteiger partial charge in [0.05, 0.1) is 0 Å². The van der Waals surface area contributed by atoms with Crippen molar-refractivity contribution < 1.29 is 23.9 Å². The van der Waals surface area contributed by atoms with Crippen molar-refractivity contribution in [2.24, 2.45) is 5.92 Å². The maximum atomic E-state index is 12.7. The van der Waals surface area contributed by atoms with Crippen LogP contribution in [0.25, 0.3) is 0 Å². The molecule has 8 heteroatoms. The van der Waals surface area contributed by atoms with E-state index in [1.807, 2.05) is 6.92 Å². The average Bonchev–Trinajstić information content (AvgIpc) is 2.79. The Morgan fingerprint density at radius 3 is 2.60 bits per heavy atom. The molecule has 1 unspecified atom stereocenters. The summed E-state index contributed by atoms with van der Waals surface area (Å²) in [5.41, 5.74) is -0.881. The molecule has 4 amide bonds. The first-order valence-corrected chi connectivity index (χ1v) is 8.90. The fraction of sp³-hybridized carbons (Fsp3) is 0.765. The molecule has 0 aromatic heterocycles. The zero-order valence-electron chi connectivity index (χ0n) is 15.1. The van der Waals surface area contributed by atoms with Crippen molar-refractivity contribution in [2.75, 3.05) is 13.1 Å². The number of imide groups is 1. The van der Waals surface area contributed by atoms with Gasteiger partial charge >= 0.3 is 12.0 Å². The van der Waals surface area contributed by atoms with Crippen molar-refractivity contribution in [2.45, 2.75) is 64.5 Å². The van der Waals surface area contributed by atoms with Crippen molar-refractivity contribution in [3.05, 3.63) is 0 Å². The zero-order chi connectivity index (χ0) is 18.6. The van der Waals surface area contributed by atoms with Gasteiger partial charge in [-0.15, -0.1) is 0 Å². The third-order valence-corrected chi connectivity index (χ3v) is 4.89. The number of carbonyl (C=O) groups excluding carboxylic acids is 4. The summed E-state index contributed by atoms with van der Waals surface area (Å²) in [5.74, 6) is -1.02. The first kappa shape index (κ1) is 19.2. The summed E-state index contributed by atoms with van der Waals surface area (Å²) < 4.78 is 5.04. The zero-order valence-corrected chi connectivity index (χ0v) is 15.1. The highest BCUT2D eigenvalue weighted by atomic mass is 16.5. The molecule has 1 aliphatic carbocycles. The number of hydrogen-bond donors (Lipinski definition) is 2. The van der Waals surface area contributed by atoms with Gasteiger partial charge in [-0.2, -0.15) is 0 Å². The molecule has 25 heavy (non-hydrogen) atoms. The molecule has 8 nitrogen and oxygen atoms in total. The van der Waals surface area contributed by atoms with Gasteiger partial charge in [-0.25, -0.2) is 4.79 Å². The van der Waals surface area contributed by atoms with E-state index in [0.29, 0.717) is 25.3 Å². The van der Waals surface area contributed by atoms with E-state index in [9.17, 15) is 19.2 Å². The van der Waals surface area contributed by atoms with Crippen LogP contribution in [0.2, 0.25) is 0 Å². The molecule has 1 aliphatic heterocycles. The van der Waals surface area contributed by atoms with E-state index in [1.165, 1.54) is 6.92 Å². The Labute approximate surface area is 147 Å². The largest absolute Gasteiger partial charge is 0.451 e.